The number of aliphatic hydroxyl groups is 1. The van der Waals surface area contributed by atoms with Crippen molar-refractivity contribution in [1.82, 2.24) is 10.6 Å². The Morgan fingerprint density at radius 1 is 1.08 bits per heavy atom. The molecule has 1 aliphatic rings. The van der Waals surface area contributed by atoms with Crippen molar-refractivity contribution in [2.75, 3.05) is 19.8 Å². The molecule has 0 radical (unpaired) electrons. The number of ether oxygens (including phenoxy) is 2. The van der Waals surface area contributed by atoms with Crippen LogP contribution in [0.3, 0.4) is 0 Å². The van der Waals surface area contributed by atoms with E-state index in [9.17, 15) is 14.3 Å². The first-order chi connectivity index (χ1) is 12.1. The van der Waals surface area contributed by atoms with E-state index in [1.54, 1.807) is 30.3 Å². The summed E-state index contributed by atoms with van der Waals surface area (Å²) in [6, 6.07) is 10.6. The number of amides is 2. The minimum atomic E-state index is -0.868. The molecule has 0 aromatic heterocycles. The zero-order valence-corrected chi connectivity index (χ0v) is 13.5. The summed E-state index contributed by atoms with van der Waals surface area (Å²) in [5, 5.41) is 15.4. The largest absolute Gasteiger partial charge is 0.486 e. The third-order valence-electron chi connectivity index (χ3n) is 3.77. The maximum Gasteiger partial charge on any atom is 0.315 e. The summed E-state index contributed by atoms with van der Waals surface area (Å²) in [5.41, 5.74) is 1.41. The molecule has 0 aliphatic carbocycles. The van der Waals surface area contributed by atoms with Gasteiger partial charge in [-0.2, -0.15) is 0 Å². The number of carbonyl (C=O) groups is 1. The number of urea groups is 1. The molecule has 1 aliphatic heterocycles. The van der Waals surface area contributed by atoms with Gasteiger partial charge >= 0.3 is 6.03 Å². The lowest BCUT2D eigenvalue weighted by molar-refractivity contribution is 0.163. The summed E-state index contributed by atoms with van der Waals surface area (Å²) in [6.45, 7) is 1.29. The van der Waals surface area contributed by atoms with Crippen LogP contribution in [0.25, 0.3) is 0 Å². The van der Waals surface area contributed by atoms with Crippen molar-refractivity contribution in [2.45, 2.75) is 12.6 Å². The molecule has 3 N–H and O–H groups in total. The molecule has 132 valence electrons. The minimum Gasteiger partial charge on any atom is -0.486 e. The quantitative estimate of drug-likeness (QED) is 0.775. The lowest BCUT2D eigenvalue weighted by atomic mass is 10.1. The number of aliphatic hydroxyl groups excluding tert-OH is 1. The molecule has 0 saturated heterocycles. The van der Waals surface area contributed by atoms with Crippen LogP contribution in [0.1, 0.15) is 17.2 Å². The number of hydrogen-bond donors (Lipinski definition) is 3. The molecule has 0 unspecified atom stereocenters. The average Bonchev–Trinajstić information content (AvgIpc) is 2.65. The topological polar surface area (TPSA) is 79.8 Å². The van der Waals surface area contributed by atoms with Gasteiger partial charge in [0.2, 0.25) is 0 Å². The van der Waals surface area contributed by atoms with Crippen molar-refractivity contribution in [3.63, 3.8) is 0 Å². The van der Waals surface area contributed by atoms with Gasteiger partial charge in [-0.25, -0.2) is 9.18 Å². The fourth-order valence-corrected chi connectivity index (χ4v) is 2.42. The van der Waals surface area contributed by atoms with Crippen molar-refractivity contribution < 1.29 is 23.8 Å². The summed E-state index contributed by atoms with van der Waals surface area (Å²) in [7, 11) is 0. The van der Waals surface area contributed by atoms with Gasteiger partial charge in [-0.05, 0) is 35.4 Å². The van der Waals surface area contributed by atoms with Gasteiger partial charge in [-0.3, -0.25) is 0 Å². The zero-order valence-electron chi connectivity index (χ0n) is 13.5. The normalized spacial score (nSPS) is 13.8. The SMILES string of the molecule is O=C(NCc1ccc(F)cc1)NC[C@H](O)c1ccc2c(c1)OCCO2. The number of fused-ring (bicyclic) bond motifs is 1. The lowest BCUT2D eigenvalue weighted by Crippen LogP contribution is -2.37. The zero-order chi connectivity index (χ0) is 17.6. The van der Waals surface area contributed by atoms with E-state index in [1.807, 2.05) is 0 Å². The fourth-order valence-electron chi connectivity index (χ4n) is 2.42. The van der Waals surface area contributed by atoms with Crippen LogP contribution in [0.15, 0.2) is 42.5 Å². The van der Waals surface area contributed by atoms with Crippen molar-refractivity contribution in [3.8, 4) is 11.5 Å². The van der Waals surface area contributed by atoms with Crippen LogP contribution < -0.4 is 20.1 Å². The number of rotatable bonds is 5. The van der Waals surface area contributed by atoms with Crippen LogP contribution in [0, 0.1) is 5.82 Å². The highest BCUT2D eigenvalue weighted by Gasteiger charge is 2.16. The van der Waals surface area contributed by atoms with Gasteiger partial charge in [-0.1, -0.05) is 18.2 Å². The molecule has 6 nitrogen and oxygen atoms in total. The molecule has 1 atom stereocenters. The fraction of sp³-hybridized carbons (Fsp3) is 0.278. The summed E-state index contributed by atoms with van der Waals surface area (Å²) in [5.74, 6) is 0.909. The Bertz CT molecular complexity index is 736. The van der Waals surface area contributed by atoms with E-state index in [-0.39, 0.29) is 18.9 Å². The van der Waals surface area contributed by atoms with Crippen molar-refractivity contribution in [1.29, 1.82) is 0 Å². The van der Waals surface area contributed by atoms with Gasteiger partial charge in [0.25, 0.3) is 0 Å². The smallest absolute Gasteiger partial charge is 0.315 e. The number of hydrogen-bond acceptors (Lipinski definition) is 4. The third kappa shape index (κ3) is 4.60. The highest BCUT2D eigenvalue weighted by Crippen LogP contribution is 2.32. The maximum absolute atomic E-state index is 12.8. The van der Waals surface area contributed by atoms with Gasteiger partial charge in [0.05, 0.1) is 6.10 Å². The first kappa shape index (κ1) is 17.0. The number of halogens is 1. The molecular weight excluding hydrogens is 327 g/mol. The Labute approximate surface area is 144 Å². The highest BCUT2D eigenvalue weighted by atomic mass is 19.1. The Hall–Kier alpha value is -2.80. The third-order valence-corrected chi connectivity index (χ3v) is 3.77. The van der Waals surface area contributed by atoms with E-state index in [0.29, 0.717) is 30.3 Å². The van der Waals surface area contributed by atoms with E-state index in [4.69, 9.17) is 9.47 Å². The molecule has 7 heteroatoms. The van der Waals surface area contributed by atoms with Crippen molar-refractivity contribution in [2.24, 2.45) is 0 Å². The van der Waals surface area contributed by atoms with Crippen LogP contribution in [0.4, 0.5) is 9.18 Å². The molecule has 1 heterocycles. The van der Waals surface area contributed by atoms with Gasteiger partial charge in [0.1, 0.15) is 19.0 Å². The second kappa shape index (κ2) is 7.85. The Kier molecular flexibility index (Phi) is 5.35. The van der Waals surface area contributed by atoms with E-state index >= 15 is 0 Å². The van der Waals surface area contributed by atoms with Crippen molar-refractivity contribution >= 4 is 6.03 Å². The molecular formula is C18H19FN2O4. The average molecular weight is 346 g/mol. The van der Waals surface area contributed by atoms with Gasteiger partial charge in [0, 0.05) is 13.1 Å². The summed E-state index contributed by atoms with van der Waals surface area (Å²) >= 11 is 0. The van der Waals surface area contributed by atoms with E-state index in [2.05, 4.69) is 10.6 Å². The molecule has 2 aromatic rings. The van der Waals surface area contributed by atoms with Gasteiger partial charge in [-0.15, -0.1) is 0 Å². The monoisotopic (exact) mass is 346 g/mol. The second-order valence-corrected chi connectivity index (χ2v) is 5.61. The van der Waals surface area contributed by atoms with E-state index < -0.39 is 12.1 Å². The molecule has 0 spiro atoms. The molecule has 0 bridgehead atoms. The molecule has 2 amide bonds. The van der Waals surface area contributed by atoms with Crippen LogP contribution in [0.2, 0.25) is 0 Å². The highest BCUT2D eigenvalue weighted by molar-refractivity contribution is 5.73. The van der Waals surface area contributed by atoms with Crippen LogP contribution in [-0.2, 0) is 6.54 Å². The van der Waals surface area contributed by atoms with Crippen LogP contribution >= 0.6 is 0 Å². The Morgan fingerprint density at radius 2 is 1.80 bits per heavy atom. The van der Waals surface area contributed by atoms with Crippen LogP contribution in [0.5, 0.6) is 11.5 Å². The molecule has 3 rings (SSSR count). The second-order valence-electron chi connectivity index (χ2n) is 5.61. The van der Waals surface area contributed by atoms with Gasteiger partial charge in [0.15, 0.2) is 11.5 Å². The summed E-state index contributed by atoms with van der Waals surface area (Å²) in [4.78, 5) is 11.8. The summed E-state index contributed by atoms with van der Waals surface area (Å²) in [6.07, 6.45) is -0.868. The predicted molar refractivity (Wildman–Crippen MR) is 89.0 cm³/mol. The van der Waals surface area contributed by atoms with Crippen molar-refractivity contribution in [3.05, 3.63) is 59.4 Å². The Morgan fingerprint density at radius 3 is 2.56 bits per heavy atom. The van der Waals surface area contributed by atoms with Crippen LogP contribution in [-0.4, -0.2) is 30.9 Å². The summed E-state index contributed by atoms with van der Waals surface area (Å²) < 4.78 is 23.7. The van der Waals surface area contributed by atoms with E-state index in [1.165, 1.54) is 12.1 Å². The molecule has 25 heavy (non-hydrogen) atoms. The number of benzene rings is 2. The molecule has 0 saturated carbocycles. The van der Waals surface area contributed by atoms with Gasteiger partial charge < -0.3 is 25.2 Å². The maximum atomic E-state index is 12.8. The predicted octanol–water partition coefficient (Wildman–Crippen LogP) is 2.13. The molecule has 0 fully saturated rings. The minimum absolute atomic E-state index is 0.0505. The standard InChI is InChI=1S/C18H19FN2O4/c19-14-4-1-12(2-5-14)10-20-18(23)21-11-15(22)13-3-6-16-17(9-13)25-8-7-24-16/h1-6,9,15,22H,7-8,10-11H2,(H2,20,21,23)/t15-/m0/s1. The van der Waals surface area contributed by atoms with E-state index in [0.717, 1.165) is 5.56 Å². The first-order valence-corrected chi connectivity index (χ1v) is 7.95. The number of carbonyl (C=O) groups excluding carboxylic acids is 1. The molecule has 2 aromatic carbocycles. The Balaban J connectivity index is 1.47. The number of nitrogens with one attached hydrogen (secondary N) is 2. The first-order valence-electron chi connectivity index (χ1n) is 7.95. The lowest BCUT2D eigenvalue weighted by Gasteiger charge is -2.20.